The van der Waals surface area contributed by atoms with Crippen LogP contribution >= 0.6 is 0 Å². The molecule has 6 N–H and O–H groups in total. The Hall–Kier alpha value is -4.68. The van der Waals surface area contributed by atoms with Crippen LogP contribution in [-0.4, -0.2) is 67.7 Å². The lowest BCUT2D eigenvalue weighted by Crippen LogP contribution is -2.38. The molecule has 2 aliphatic heterocycles. The van der Waals surface area contributed by atoms with Crippen molar-refractivity contribution >= 4 is 5.69 Å². The molecule has 1 saturated carbocycles. The van der Waals surface area contributed by atoms with Gasteiger partial charge in [0, 0.05) is 58.5 Å². The van der Waals surface area contributed by atoms with Crippen LogP contribution in [0.5, 0.6) is 34.5 Å². The van der Waals surface area contributed by atoms with Crippen molar-refractivity contribution < 1.29 is 44.1 Å². The Bertz CT molecular complexity index is 2220. The van der Waals surface area contributed by atoms with Crippen LogP contribution in [0.25, 0.3) is 11.1 Å². The number of ether oxygens (including phenoxy) is 5. The van der Waals surface area contributed by atoms with Crippen LogP contribution in [0.3, 0.4) is 0 Å². The first kappa shape index (κ1) is 39.8. The Morgan fingerprint density at radius 2 is 1.66 bits per heavy atom. The number of benzene rings is 4. The van der Waals surface area contributed by atoms with E-state index in [1.807, 2.05) is 19.1 Å². The predicted octanol–water partition coefficient (Wildman–Crippen LogP) is 7.76. The normalized spacial score (nSPS) is 24.5. The Kier molecular flexibility index (Phi) is 10.8. The molecule has 4 aromatic rings. The zero-order chi connectivity index (χ0) is 41.0. The van der Waals surface area contributed by atoms with Crippen LogP contribution < -0.4 is 34.3 Å². The van der Waals surface area contributed by atoms with Crippen LogP contribution in [0, 0.1) is 11.8 Å². The van der Waals surface area contributed by atoms with Crippen molar-refractivity contribution in [2.24, 2.45) is 11.8 Å². The fourth-order valence-electron chi connectivity index (χ4n) is 11.2. The Balaban J connectivity index is 1.02. The molecule has 11 heteroatoms. The first-order valence-electron chi connectivity index (χ1n) is 21.5. The van der Waals surface area contributed by atoms with Crippen LogP contribution in [0.15, 0.2) is 48.5 Å². The number of phenols is 1. The lowest BCUT2D eigenvalue weighted by atomic mass is 9.59. The molecule has 0 unspecified atom stereocenters. The molecule has 0 aromatic heterocycles. The number of fused-ring (bicyclic) bond motifs is 3. The maximum atomic E-state index is 12.4. The molecule has 5 aliphatic rings. The summed E-state index contributed by atoms with van der Waals surface area (Å²) in [4.78, 5) is 0. The highest BCUT2D eigenvalue weighted by atomic mass is 16.5. The van der Waals surface area contributed by atoms with Gasteiger partial charge in [-0.05, 0) is 96.7 Å². The highest BCUT2D eigenvalue weighted by molar-refractivity contribution is 5.93. The third-order valence-corrected chi connectivity index (χ3v) is 14.3. The van der Waals surface area contributed by atoms with E-state index >= 15 is 0 Å². The minimum Gasteiger partial charge on any atom is -0.502 e. The zero-order valence-electron chi connectivity index (χ0n) is 34.6. The highest BCUT2D eigenvalue weighted by Crippen LogP contribution is 2.58. The van der Waals surface area contributed by atoms with E-state index in [9.17, 15) is 20.4 Å². The fraction of sp³-hybridized carbons (Fsp3) is 0.500. The second-order valence-electron chi connectivity index (χ2n) is 17.3. The number of aromatic hydroxyl groups is 1. The summed E-state index contributed by atoms with van der Waals surface area (Å²) in [5.41, 5.74) is 9.28. The predicted molar refractivity (Wildman–Crippen MR) is 225 cm³/mol. The average molecular weight is 807 g/mol. The molecule has 0 amide bonds. The molecule has 6 atom stereocenters. The van der Waals surface area contributed by atoms with Gasteiger partial charge in [0.15, 0.2) is 17.7 Å². The van der Waals surface area contributed by atoms with Crippen LogP contribution in [0.2, 0.25) is 0 Å². The number of phenolic OH excluding ortho intramolecular Hbond substituents is 1. The van der Waals surface area contributed by atoms with Crippen molar-refractivity contribution in [2.75, 3.05) is 52.6 Å². The van der Waals surface area contributed by atoms with Gasteiger partial charge in [-0.15, -0.1) is 0 Å². The van der Waals surface area contributed by atoms with E-state index in [0.717, 1.165) is 47.3 Å². The number of anilines is 1. The lowest BCUT2D eigenvalue weighted by Gasteiger charge is -2.45. The summed E-state index contributed by atoms with van der Waals surface area (Å²) in [7, 11) is 3.14. The molecule has 59 heavy (non-hydrogen) atoms. The number of methoxy groups -OCH3 is 2. The number of hydrogen-bond donors (Lipinski definition) is 6. The Morgan fingerprint density at radius 3 is 2.42 bits per heavy atom. The van der Waals surface area contributed by atoms with E-state index in [1.54, 1.807) is 19.2 Å². The number of rotatable bonds is 13. The summed E-state index contributed by atoms with van der Waals surface area (Å²) in [6.45, 7) is 5.75. The number of nitrogens with one attached hydrogen (secondary N) is 2. The molecule has 3 aliphatic carbocycles. The smallest absolute Gasteiger partial charge is 0.200 e. The van der Waals surface area contributed by atoms with Crippen LogP contribution in [0.1, 0.15) is 115 Å². The summed E-state index contributed by atoms with van der Waals surface area (Å²) in [5, 5.41) is 52.5. The number of hydrogen-bond acceptors (Lipinski definition) is 11. The van der Waals surface area contributed by atoms with Gasteiger partial charge < -0.3 is 49.4 Å². The third-order valence-electron chi connectivity index (χ3n) is 14.3. The van der Waals surface area contributed by atoms with Gasteiger partial charge in [-0.2, -0.15) is 0 Å². The van der Waals surface area contributed by atoms with Crippen molar-refractivity contribution in [2.45, 2.75) is 94.8 Å². The molecule has 314 valence electrons. The lowest BCUT2D eigenvalue weighted by molar-refractivity contribution is 0.0875. The summed E-state index contributed by atoms with van der Waals surface area (Å²) < 4.78 is 30.6. The van der Waals surface area contributed by atoms with E-state index in [0.29, 0.717) is 52.7 Å². The molecule has 11 nitrogen and oxygen atoms in total. The molecule has 4 aromatic carbocycles. The number of aliphatic hydroxyl groups is 3. The van der Waals surface area contributed by atoms with E-state index in [2.05, 4.69) is 41.8 Å². The molecule has 1 fully saturated rings. The van der Waals surface area contributed by atoms with Gasteiger partial charge in [-0.1, -0.05) is 51.0 Å². The molecular formula is C48H58N2O9. The van der Waals surface area contributed by atoms with Gasteiger partial charge in [0.05, 0.1) is 39.1 Å². The van der Waals surface area contributed by atoms with Crippen molar-refractivity contribution in [3.63, 3.8) is 0 Å². The van der Waals surface area contributed by atoms with E-state index in [4.69, 9.17) is 23.7 Å². The molecule has 0 radical (unpaired) electrons. The molecule has 9 rings (SSSR count). The first-order chi connectivity index (χ1) is 28.7. The van der Waals surface area contributed by atoms with Crippen molar-refractivity contribution in [3.8, 4) is 45.6 Å². The summed E-state index contributed by atoms with van der Waals surface area (Å²) in [5.74, 6) is 2.19. The standard InChI is InChI=1S/C48H58N2O9/c1-5-49-25-59-38-21-36(55-3)31-14-15-32-41-35(50-47(54)44(38)43(31)41)20-37-42(32)45(52)33(24-58-37)26-18-39(56-4)46(53)40(19-26)57-23-27(22-51)29-16-17-48(2,28-10-6-7-11-28)34-13-9-8-12-30(29)34/h8-9,12-13,18-21,27-29,33,45,47,49-54H,5-7,10-11,14-17,22-25H2,1-4H3/t27-,29-,33-,45-,47+,48+/m0/s1. The Morgan fingerprint density at radius 1 is 0.898 bits per heavy atom. The third kappa shape index (κ3) is 6.65. The highest BCUT2D eigenvalue weighted by Gasteiger charge is 2.45. The average Bonchev–Trinajstić information content (AvgIpc) is 3.81. The van der Waals surface area contributed by atoms with Gasteiger partial charge in [-0.25, -0.2) is 0 Å². The summed E-state index contributed by atoms with van der Waals surface area (Å²) in [6.07, 6.45) is 6.43. The maximum Gasteiger partial charge on any atom is 0.200 e. The second kappa shape index (κ2) is 16.1. The second-order valence-corrected chi connectivity index (χ2v) is 17.3. The minimum atomic E-state index is -1.03. The van der Waals surface area contributed by atoms with Gasteiger partial charge >= 0.3 is 0 Å². The van der Waals surface area contributed by atoms with E-state index in [1.165, 1.54) is 43.9 Å². The topological polar surface area (TPSA) is 151 Å². The first-order valence-corrected chi connectivity index (χ1v) is 21.5. The van der Waals surface area contributed by atoms with Gasteiger partial charge in [0.25, 0.3) is 0 Å². The van der Waals surface area contributed by atoms with Crippen molar-refractivity contribution in [1.82, 2.24) is 5.32 Å². The molecular weight excluding hydrogens is 749 g/mol. The molecule has 0 spiro atoms. The minimum absolute atomic E-state index is 0.0539. The maximum absolute atomic E-state index is 12.4. The van der Waals surface area contributed by atoms with Gasteiger partial charge in [-0.3, -0.25) is 5.32 Å². The van der Waals surface area contributed by atoms with Gasteiger partial charge in [0.1, 0.15) is 24.0 Å². The molecule has 2 heterocycles. The van der Waals surface area contributed by atoms with Gasteiger partial charge in [0.2, 0.25) is 5.75 Å². The quantitative estimate of drug-likeness (QED) is 0.0581. The zero-order valence-corrected chi connectivity index (χ0v) is 34.6. The van der Waals surface area contributed by atoms with Crippen LogP contribution in [0.4, 0.5) is 5.69 Å². The molecule has 0 saturated heterocycles. The summed E-state index contributed by atoms with van der Waals surface area (Å²) in [6, 6.07) is 16.0. The SMILES string of the molecule is CCNCOc1cc(OC)c2c3c1[C@@H](O)Nc1cc4c(c(c1-3)CC2)[C@@H](O)[C@H](c1cc(OC)c(O)c(OC[C@H](CO)[C@@H]2CC[C@](C)(C3CCCC3)c3ccccc32)c1)CO4. The van der Waals surface area contributed by atoms with E-state index in [-0.39, 0.29) is 61.1 Å². The van der Waals surface area contributed by atoms with E-state index < -0.39 is 18.2 Å². The van der Waals surface area contributed by atoms with Crippen molar-refractivity contribution in [3.05, 3.63) is 87.5 Å². The monoisotopic (exact) mass is 806 g/mol. The fourth-order valence-corrected chi connectivity index (χ4v) is 11.2. The number of aliphatic hydroxyl groups excluding tert-OH is 3. The summed E-state index contributed by atoms with van der Waals surface area (Å²) >= 11 is 0. The van der Waals surface area contributed by atoms with Crippen molar-refractivity contribution in [1.29, 1.82) is 0 Å². The Labute approximate surface area is 346 Å². The largest absolute Gasteiger partial charge is 0.502 e. The molecule has 0 bridgehead atoms. The van der Waals surface area contributed by atoms with Crippen LogP contribution in [-0.2, 0) is 18.3 Å².